The van der Waals surface area contributed by atoms with Crippen molar-refractivity contribution in [2.75, 3.05) is 0 Å². The standard InChI is InChI=1S/C16H17NO3S/c1-10-6-12(9-13(7-10)16(19)20)15(18)17-11(2)8-14-4-3-5-21-14/h3-7,9,11H,8H2,1-2H3,(H,17,18)(H,19,20). The van der Waals surface area contributed by atoms with Crippen LogP contribution in [0.4, 0.5) is 0 Å². The Kier molecular flexibility index (Phi) is 4.75. The molecule has 0 fully saturated rings. The van der Waals surface area contributed by atoms with Gasteiger partial charge in [0.1, 0.15) is 0 Å². The number of carboxylic acid groups (broad SMARTS) is 1. The number of hydrogen-bond acceptors (Lipinski definition) is 3. The van der Waals surface area contributed by atoms with Gasteiger partial charge in [-0.25, -0.2) is 4.79 Å². The molecule has 5 heteroatoms. The zero-order chi connectivity index (χ0) is 15.4. The summed E-state index contributed by atoms with van der Waals surface area (Å²) >= 11 is 1.65. The lowest BCUT2D eigenvalue weighted by atomic mass is 10.1. The maximum atomic E-state index is 12.2. The molecule has 0 aliphatic heterocycles. The molecule has 1 aromatic heterocycles. The molecule has 1 amide bonds. The minimum Gasteiger partial charge on any atom is -0.478 e. The van der Waals surface area contributed by atoms with E-state index in [9.17, 15) is 9.59 Å². The molecule has 1 atom stereocenters. The number of benzene rings is 1. The van der Waals surface area contributed by atoms with Gasteiger partial charge in [0.05, 0.1) is 5.56 Å². The lowest BCUT2D eigenvalue weighted by Gasteiger charge is -2.13. The maximum absolute atomic E-state index is 12.2. The number of carbonyl (C=O) groups excluding carboxylic acids is 1. The summed E-state index contributed by atoms with van der Waals surface area (Å²) in [7, 11) is 0. The number of rotatable bonds is 5. The van der Waals surface area contributed by atoms with Gasteiger partial charge in [0, 0.05) is 22.9 Å². The normalized spacial score (nSPS) is 11.9. The number of aromatic carboxylic acids is 1. The summed E-state index contributed by atoms with van der Waals surface area (Å²) in [6.45, 7) is 3.71. The quantitative estimate of drug-likeness (QED) is 0.892. The molecular weight excluding hydrogens is 286 g/mol. The van der Waals surface area contributed by atoms with Crippen LogP contribution in [0.3, 0.4) is 0 Å². The number of thiophene rings is 1. The van der Waals surface area contributed by atoms with Crippen molar-refractivity contribution in [1.82, 2.24) is 5.32 Å². The average Bonchev–Trinajstić information content (AvgIpc) is 2.90. The number of hydrogen-bond donors (Lipinski definition) is 2. The number of carboxylic acids is 1. The van der Waals surface area contributed by atoms with Crippen molar-refractivity contribution in [3.05, 3.63) is 57.3 Å². The van der Waals surface area contributed by atoms with Crippen molar-refractivity contribution >= 4 is 23.2 Å². The van der Waals surface area contributed by atoms with Gasteiger partial charge < -0.3 is 10.4 Å². The molecule has 1 heterocycles. The molecule has 2 N–H and O–H groups in total. The molecule has 2 aromatic rings. The van der Waals surface area contributed by atoms with Crippen LogP contribution in [0.2, 0.25) is 0 Å². The molecule has 110 valence electrons. The Labute approximate surface area is 127 Å². The Morgan fingerprint density at radius 2 is 2.00 bits per heavy atom. The highest BCUT2D eigenvalue weighted by Crippen LogP contribution is 2.13. The van der Waals surface area contributed by atoms with E-state index < -0.39 is 5.97 Å². The Morgan fingerprint density at radius 1 is 1.29 bits per heavy atom. The van der Waals surface area contributed by atoms with Crippen LogP contribution < -0.4 is 5.32 Å². The van der Waals surface area contributed by atoms with Gasteiger partial charge in [-0.15, -0.1) is 11.3 Å². The first-order chi connectivity index (χ1) is 9.95. The highest BCUT2D eigenvalue weighted by Gasteiger charge is 2.14. The first kappa shape index (κ1) is 15.3. The van der Waals surface area contributed by atoms with Gasteiger partial charge in [-0.1, -0.05) is 6.07 Å². The predicted octanol–water partition coefficient (Wildman–Crippen LogP) is 3.12. The predicted molar refractivity (Wildman–Crippen MR) is 83.1 cm³/mol. The second kappa shape index (κ2) is 6.54. The smallest absolute Gasteiger partial charge is 0.335 e. The fourth-order valence-electron chi connectivity index (χ4n) is 2.13. The van der Waals surface area contributed by atoms with E-state index in [-0.39, 0.29) is 17.5 Å². The molecule has 0 saturated heterocycles. The van der Waals surface area contributed by atoms with Gasteiger partial charge in [0.15, 0.2) is 0 Å². The van der Waals surface area contributed by atoms with Crippen LogP contribution in [0.25, 0.3) is 0 Å². The minimum absolute atomic E-state index is 0.00931. The van der Waals surface area contributed by atoms with Gasteiger partial charge in [-0.05, 0) is 49.1 Å². The number of amides is 1. The highest BCUT2D eigenvalue weighted by atomic mass is 32.1. The number of aryl methyl sites for hydroxylation is 1. The van der Waals surface area contributed by atoms with Crippen molar-refractivity contribution < 1.29 is 14.7 Å². The van der Waals surface area contributed by atoms with E-state index in [1.807, 2.05) is 24.4 Å². The van der Waals surface area contributed by atoms with Crippen LogP contribution in [-0.4, -0.2) is 23.0 Å². The molecule has 21 heavy (non-hydrogen) atoms. The maximum Gasteiger partial charge on any atom is 0.335 e. The van der Waals surface area contributed by atoms with E-state index in [1.54, 1.807) is 30.4 Å². The fourth-order valence-corrected chi connectivity index (χ4v) is 2.96. The third-order valence-corrected chi connectivity index (χ3v) is 3.95. The molecule has 1 unspecified atom stereocenters. The Balaban J connectivity index is 2.07. The second-order valence-corrected chi connectivity index (χ2v) is 6.08. The SMILES string of the molecule is Cc1cc(C(=O)O)cc(C(=O)NC(C)Cc2cccs2)c1. The third-order valence-electron chi connectivity index (χ3n) is 3.05. The zero-order valence-electron chi connectivity index (χ0n) is 11.9. The summed E-state index contributed by atoms with van der Waals surface area (Å²) in [6, 6.07) is 8.65. The molecule has 0 spiro atoms. The molecule has 0 radical (unpaired) electrons. The molecule has 1 aromatic carbocycles. The average molecular weight is 303 g/mol. The van der Waals surface area contributed by atoms with Crippen LogP contribution in [0.15, 0.2) is 35.7 Å². The van der Waals surface area contributed by atoms with Crippen molar-refractivity contribution in [2.45, 2.75) is 26.3 Å². The Bertz CT molecular complexity index is 650. The van der Waals surface area contributed by atoms with E-state index >= 15 is 0 Å². The van der Waals surface area contributed by atoms with E-state index in [2.05, 4.69) is 5.32 Å². The van der Waals surface area contributed by atoms with Crippen molar-refractivity contribution in [3.8, 4) is 0 Å². The molecule has 0 saturated carbocycles. The van der Waals surface area contributed by atoms with E-state index in [0.29, 0.717) is 5.56 Å². The fraction of sp³-hybridized carbons (Fsp3) is 0.250. The second-order valence-electron chi connectivity index (χ2n) is 5.05. The highest BCUT2D eigenvalue weighted by molar-refractivity contribution is 7.09. The zero-order valence-corrected chi connectivity index (χ0v) is 12.7. The van der Waals surface area contributed by atoms with E-state index in [4.69, 9.17) is 5.11 Å². The lowest BCUT2D eigenvalue weighted by molar-refractivity contribution is 0.0696. The van der Waals surface area contributed by atoms with Crippen molar-refractivity contribution in [3.63, 3.8) is 0 Å². The summed E-state index contributed by atoms with van der Waals surface area (Å²) in [5.41, 5.74) is 1.27. The van der Waals surface area contributed by atoms with Gasteiger partial charge in [-0.3, -0.25) is 4.79 Å². The van der Waals surface area contributed by atoms with Gasteiger partial charge in [0.2, 0.25) is 0 Å². The summed E-state index contributed by atoms with van der Waals surface area (Å²) in [5, 5.41) is 13.9. The molecule has 0 bridgehead atoms. The molecular formula is C16H17NO3S. The van der Waals surface area contributed by atoms with Crippen LogP contribution in [-0.2, 0) is 6.42 Å². The first-order valence-corrected chi connectivity index (χ1v) is 7.52. The van der Waals surface area contributed by atoms with Crippen molar-refractivity contribution in [2.24, 2.45) is 0 Å². The summed E-state index contributed by atoms with van der Waals surface area (Å²) in [5.74, 6) is -1.27. The monoisotopic (exact) mass is 303 g/mol. The molecule has 4 nitrogen and oxygen atoms in total. The van der Waals surface area contributed by atoms with Gasteiger partial charge in [-0.2, -0.15) is 0 Å². The van der Waals surface area contributed by atoms with Crippen LogP contribution in [0.5, 0.6) is 0 Å². The lowest BCUT2D eigenvalue weighted by Crippen LogP contribution is -2.34. The number of nitrogens with one attached hydrogen (secondary N) is 1. The van der Waals surface area contributed by atoms with Gasteiger partial charge in [0.25, 0.3) is 5.91 Å². The Hall–Kier alpha value is -2.14. The van der Waals surface area contributed by atoms with E-state index in [0.717, 1.165) is 12.0 Å². The summed E-state index contributed by atoms with van der Waals surface area (Å²) in [6.07, 6.45) is 0.765. The minimum atomic E-state index is -1.03. The number of carbonyl (C=O) groups is 2. The van der Waals surface area contributed by atoms with Crippen LogP contribution in [0, 0.1) is 6.92 Å². The van der Waals surface area contributed by atoms with Crippen LogP contribution in [0.1, 0.15) is 38.1 Å². The Morgan fingerprint density at radius 3 is 2.62 bits per heavy atom. The topological polar surface area (TPSA) is 66.4 Å². The molecule has 0 aliphatic carbocycles. The van der Waals surface area contributed by atoms with Crippen molar-refractivity contribution in [1.29, 1.82) is 0 Å². The van der Waals surface area contributed by atoms with Gasteiger partial charge >= 0.3 is 5.97 Å². The third kappa shape index (κ3) is 4.16. The summed E-state index contributed by atoms with van der Waals surface area (Å²) in [4.78, 5) is 24.4. The largest absolute Gasteiger partial charge is 0.478 e. The molecule has 0 aliphatic rings. The summed E-state index contributed by atoms with van der Waals surface area (Å²) < 4.78 is 0. The van der Waals surface area contributed by atoms with Crippen LogP contribution >= 0.6 is 11.3 Å². The molecule has 2 rings (SSSR count). The van der Waals surface area contributed by atoms with E-state index in [1.165, 1.54) is 10.9 Å². The first-order valence-electron chi connectivity index (χ1n) is 6.64.